The van der Waals surface area contributed by atoms with Crippen LogP contribution in [0.4, 0.5) is 4.79 Å². The van der Waals surface area contributed by atoms with Crippen LogP contribution in [-0.2, 0) is 19.0 Å². The summed E-state index contributed by atoms with van der Waals surface area (Å²) in [5.74, 6) is -0.793. The first-order chi connectivity index (χ1) is 15.2. The van der Waals surface area contributed by atoms with Crippen LogP contribution in [0.1, 0.15) is 48.0 Å². The lowest BCUT2D eigenvalue weighted by atomic mass is 9.59. The molecule has 1 heterocycles. The molecule has 0 aromatic carbocycles. The van der Waals surface area contributed by atoms with E-state index in [1.807, 2.05) is 32.9 Å². The minimum absolute atomic E-state index is 0.0154. The van der Waals surface area contributed by atoms with Gasteiger partial charge in [-0.2, -0.15) is 0 Å². The van der Waals surface area contributed by atoms with Crippen molar-refractivity contribution >= 4 is 11.9 Å². The van der Waals surface area contributed by atoms with Gasteiger partial charge in [0.1, 0.15) is 6.10 Å². The number of carbonyl (C=O) groups is 2. The molecule has 182 valence electrons. The van der Waals surface area contributed by atoms with Gasteiger partial charge in [-0.15, -0.1) is 0 Å². The number of hydrogen-bond acceptors (Lipinski definition) is 6. The summed E-state index contributed by atoms with van der Waals surface area (Å²) in [6, 6.07) is 0. The molecule has 5 rings (SSSR count). The molecule has 0 radical (unpaired) electrons. The molecule has 0 aromatic rings. The molecule has 8 atom stereocenters. The average Bonchev–Trinajstić information content (AvgIpc) is 3.20. The third-order valence-electron chi connectivity index (χ3n) is 9.25. The van der Waals surface area contributed by atoms with Crippen molar-refractivity contribution < 1.29 is 28.9 Å². The lowest BCUT2D eigenvalue weighted by Crippen LogP contribution is -2.68. The number of rotatable bonds is 1. The molecular formula is C26H37NO6. The lowest BCUT2D eigenvalue weighted by molar-refractivity contribution is -0.303. The number of hydrogen-bond donors (Lipinski definition) is 1. The van der Waals surface area contributed by atoms with Gasteiger partial charge in [-0.05, 0) is 61.5 Å². The Morgan fingerprint density at radius 1 is 1.24 bits per heavy atom. The van der Waals surface area contributed by atoms with Crippen molar-refractivity contribution in [2.75, 3.05) is 20.7 Å². The number of Topliss-reactive ketones (excluding diaryl/α,β-unsaturated/α-hetero) is 1. The highest BCUT2D eigenvalue weighted by Crippen LogP contribution is 2.72. The van der Waals surface area contributed by atoms with Crippen molar-refractivity contribution in [3.8, 4) is 0 Å². The second-order valence-corrected chi connectivity index (χ2v) is 12.1. The Morgan fingerprint density at radius 3 is 2.55 bits per heavy atom. The van der Waals surface area contributed by atoms with E-state index in [2.05, 4.69) is 20.8 Å². The number of fused-ring (bicyclic) bond motifs is 5. The van der Waals surface area contributed by atoms with Crippen LogP contribution in [-0.4, -0.2) is 66.2 Å². The Hall–Kier alpha value is -1.70. The zero-order valence-corrected chi connectivity index (χ0v) is 21.0. The minimum atomic E-state index is -1.76. The van der Waals surface area contributed by atoms with Gasteiger partial charge < -0.3 is 24.2 Å². The highest BCUT2D eigenvalue weighted by Gasteiger charge is 2.77. The summed E-state index contributed by atoms with van der Waals surface area (Å²) in [6.45, 7) is 12.3. The van der Waals surface area contributed by atoms with E-state index in [1.54, 1.807) is 14.1 Å². The van der Waals surface area contributed by atoms with Crippen LogP contribution in [0, 0.1) is 34.5 Å². The number of ether oxygens (including phenoxy) is 3. The lowest BCUT2D eigenvalue weighted by Gasteiger charge is -2.52. The summed E-state index contributed by atoms with van der Waals surface area (Å²) >= 11 is 0. The first-order valence-electron chi connectivity index (χ1n) is 12.0. The van der Waals surface area contributed by atoms with Crippen LogP contribution in [0.25, 0.3) is 0 Å². The molecule has 0 aromatic heterocycles. The molecule has 4 aliphatic carbocycles. The van der Waals surface area contributed by atoms with E-state index in [-0.39, 0.29) is 35.6 Å². The van der Waals surface area contributed by atoms with Crippen molar-refractivity contribution in [2.24, 2.45) is 34.5 Å². The minimum Gasteiger partial charge on any atom is -0.438 e. The number of nitrogens with zero attached hydrogens (tertiary/aromatic N) is 1. The monoisotopic (exact) mass is 459 g/mol. The number of allylic oxidation sites excluding steroid dienone is 1. The summed E-state index contributed by atoms with van der Waals surface area (Å²) in [5.41, 5.74) is -1.45. The number of amides is 1. The predicted molar refractivity (Wildman–Crippen MR) is 121 cm³/mol. The van der Waals surface area contributed by atoms with Crippen LogP contribution in [0.2, 0.25) is 0 Å². The molecule has 1 aliphatic heterocycles. The maximum atomic E-state index is 14.5. The quantitative estimate of drug-likeness (QED) is 0.606. The second-order valence-electron chi connectivity index (χ2n) is 12.1. The van der Waals surface area contributed by atoms with Crippen molar-refractivity contribution in [3.05, 3.63) is 23.3 Å². The van der Waals surface area contributed by atoms with E-state index < -0.39 is 35.1 Å². The first-order valence-corrected chi connectivity index (χ1v) is 12.0. The summed E-state index contributed by atoms with van der Waals surface area (Å²) in [4.78, 5) is 28.5. The number of carbonyl (C=O) groups excluding carboxylic acids is 2. The zero-order valence-electron chi connectivity index (χ0n) is 21.0. The topological polar surface area (TPSA) is 85.3 Å². The highest BCUT2D eigenvalue weighted by molar-refractivity contribution is 5.95. The fourth-order valence-corrected chi connectivity index (χ4v) is 7.51. The van der Waals surface area contributed by atoms with E-state index in [1.165, 1.54) is 4.90 Å². The van der Waals surface area contributed by atoms with E-state index >= 15 is 0 Å². The molecule has 1 spiro atoms. The molecule has 5 aliphatic rings. The van der Waals surface area contributed by atoms with Gasteiger partial charge in [0.05, 0.1) is 12.0 Å². The predicted octanol–water partition coefficient (Wildman–Crippen LogP) is 3.32. The Labute approximate surface area is 196 Å². The van der Waals surface area contributed by atoms with Gasteiger partial charge >= 0.3 is 6.09 Å². The van der Waals surface area contributed by atoms with Gasteiger partial charge in [0.2, 0.25) is 0 Å². The van der Waals surface area contributed by atoms with Gasteiger partial charge in [0.25, 0.3) is 0 Å². The zero-order chi connectivity index (χ0) is 24.3. The average molecular weight is 460 g/mol. The third-order valence-corrected chi connectivity index (χ3v) is 9.25. The highest BCUT2D eigenvalue weighted by atomic mass is 16.7. The van der Waals surface area contributed by atoms with E-state index in [9.17, 15) is 14.7 Å². The van der Waals surface area contributed by atoms with Crippen LogP contribution in [0.5, 0.6) is 0 Å². The second kappa shape index (κ2) is 6.70. The fraction of sp³-hybridized carbons (Fsp3) is 0.769. The molecular weight excluding hydrogens is 422 g/mol. The summed E-state index contributed by atoms with van der Waals surface area (Å²) in [6.07, 6.45) is 2.36. The largest absolute Gasteiger partial charge is 0.438 e. The van der Waals surface area contributed by atoms with Crippen molar-refractivity contribution in [2.45, 2.75) is 71.6 Å². The van der Waals surface area contributed by atoms with Crippen LogP contribution in [0.15, 0.2) is 23.3 Å². The molecule has 2 saturated carbocycles. The van der Waals surface area contributed by atoms with Crippen LogP contribution in [0.3, 0.4) is 0 Å². The van der Waals surface area contributed by atoms with Gasteiger partial charge in [-0.3, -0.25) is 4.79 Å². The maximum Gasteiger partial charge on any atom is 0.409 e. The van der Waals surface area contributed by atoms with E-state index in [0.29, 0.717) is 11.5 Å². The summed E-state index contributed by atoms with van der Waals surface area (Å²) < 4.78 is 18.3. The van der Waals surface area contributed by atoms with Crippen LogP contribution >= 0.6 is 0 Å². The standard InChI is InChI=1S/C26H37NO6/c1-13-11-25-14(2)9-17-18(23(17,3)4)16(19(25)28)10-15-12-31-24(5,6)33-21(15)26(25,30)20(13)32-22(29)27(7)8/h10-11,14,16-18,20-21,30H,9,12H2,1-8H3/t14?,16-,17+,18+,20-,21+,25?,26+/m0/s1. The first kappa shape index (κ1) is 23.1. The van der Waals surface area contributed by atoms with Gasteiger partial charge in [-0.1, -0.05) is 32.9 Å². The van der Waals surface area contributed by atoms with Gasteiger partial charge in [0.15, 0.2) is 23.3 Å². The normalized spacial score (nSPS) is 46.5. The third kappa shape index (κ3) is 2.79. The maximum absolute atomic E-state index is 14.5. The SMILES string of the molecule is CC1=CC23C(=O)[C@@H](C=C4COC(C)(C)O[C@H]4[C@]2(O)[C@H]1OC(=O)N(C)C)[C@@H]1[C@@H](CC3C)C1(C)C. The number of ketones is 1. The van der Waals surface area contributed by atoms with Crippen LogP contribution < -0.4 is 0 Å². The summed E-state index contributed by atoms with van der Waals surface area (Å²) in [5, 5.41) is 12.8. The Kier molecular flexibility index (Phi) is 4.68. The van der Waals surface area contributed by atoms with E-state index in [0.717, 1.165) is 12.0 Å². The molecule has 7 heteroatoms. The van der Waals surface area contributed by atoms with Crippen molar-refractivity contribution in [1.82, 2.24) is 4.90 Å². The summed E-state index contributed by atoms with van der Waals surface area (Å²) in [7, 11) is 3.21. The fourth-order valence-electron chi connectivity index (χ4n) is 7.51. The molecule has 3 fully saturated rings. The Morgan fingerprint density at radius 2 is 1.91 bits per heavy atom. The number of aliphatic hydroxyl groups is 1. The Bertz CT molecular complexity index is 979. The molecule has 33 heavy (non-hydrogen) atoms. The van der Waals surface area contributed by atoms with Crippen molar-refractivity contribution in [1.29, 1.82) is 0 Å². The molecule has 1 saturated heterocycles. The molecule has 2 unspecified atom stereocenters. The van der Waals surface area contributed by atoms with Gasteiger partial charge in [0, 0.05) is 20.0 Å². The molecule has 2 bridgehead atoms. The molecule has 7 nitrogen and oxygen atoms in total. The van der Waals surface area contributed by atoms with Gasteiger partial charge in [-0.25, -0.2) is 4.79 Å². The van der Waals surface area contributed by atoms with Crippen molar-refractivity contribution in [3.63, 3.8) is 0 Å². The molecule has 1 amide bonds. The molecule has 1 N–H and O–H groups in total. The van der Waals surface area contributed by atoms with E-state index in [4.69, 9.17) is 14.2 Å². The Balaban J connectivity index is 1.73. The smallest absolute Gasteiger partial charge is 0.409 e.